The smallest absolute Gasteiger partial charge is 0.247 e. The van der Waals surface area contributed by atoms with Crippen molar-refractivity contribution in [3.63, 3.8) is 0 Å². The number of piperazine rings is 1. The van der Waals surface area contributed by atoms with Crippen LogP contribution in [-0.2, 0) is 9.59 Å². The van der Waals surface area contributed by atoms with Crippen molar-refractivity contribution in [1.82, 2.24) is 20.1 Å². The highest BCUT2D eigenvalue weighted by atomic mass is 16.2. The van der Waals surface area contributed by atoms with Crippen LogP contribution >= 0.6 is 0 Å². The number of amides is 2. The summed E-state index contributed by atoms with van der Waals surface area (Å²) in [7, 11) is 2.01. The third kappa shape index (κ3) is 4.17. The maximum atomic E-state index is 13.4. The molecule has 2 amide bonds. The molecule has 0 bridgehead atoms. The molecular weight excluding hydrogens is 366 g/mol. The van der Waals surface area contributed by atoms with Gasteiger partial charge in [-0.25, -0.2) is 10.4 Å². The van der Waals surface area contributed by atoms with Gasteiger partial charge in [0.2, 0.25) is 11.8 Å². The van der Waals surface area contributed by atoms with Gasteiger partial charge in [-0.3, -0.25) is 14.5 Å². The normalized spacial score (nSPS) is 28.6. The lowest BCUT2D eigenvalue weighted by molar-refractivity contribution is -0.141. The molecule has 0 aliphatic carbocycles. The minimum absolute atomic E-state index is 0.0648. The van der Waals surface area contributed by atoms with E-state index < -0.39 is 0 Å². The molecule has 3 aliphatic heterocycles. The minimum Gasteiger partial charge on any atom is -0.340 e. The number of likely N-dealkylation sites (tertiary alicyclic amines) is 1. The van der Waals surface area contributed by atoms with E-state index in [-0.39, 0.29) is 29.7 Å². The van der Waals surface area contributed by atoms with Gasteiger partial charge in [-0.1, -0.05) is 31.5 Å². The summed E-state index contributed by atoms with van der Waals surface area (Å²) in [5.74, 6) is -0.126. The Labute approximate surface area is 173 Å². The number of para-hydroxylation sites is 1. The number of fused-ring (bicyclic) bond motifs is 1. The third-order valence-electron chi connectivity index (χ3n) is 6.54. The van der Waals surface area contributed by atoms with Crippen molar-refractivity contribution in [3.05, 3.63) is 30.3 Å². The molecule has 0 aromatic heterocycles. The lowest BCUT2D eigenvalue weighted by Gasteiger charge is -2.41. The van der Waals surface area contributed by atoms with Crippen LogP contribution in [0.5, 0.6) is 0 Å². The quantitative estimate of drug-likeness (QED) is 0.802. The fraction of sp³-hybridized carbons (Fsp3) is 0.636. The van der Waals surface area contributed by atoms with Gasteiger partial charge >= 0.3 is 0 Å². The number of benzene rings is 1. The van der Waals surface area contributed by atoms with Gasteiger partial charge in [0.1, 0.15) is 0 Å². The van der Waals surface area contributed by atoms with Gasteiger partial charge in [0.05, 0.1) is 23.6 Å². The van der Waals surface area contributed by atoms with E-state index in [1.54, 1.807) is 5.01 Å². The summed E-state index contributed by atoms with van der Waals surface area (Å²) in [6, 6.07) is 9.52. The molecule has 3 fully saturated rings. The summed E-state index contributed by atoms with van der Waals surface area (Å²) in [6.45, 7) is 8.19. The molecule has 3 heterocycles. The second-order valence-electron chi connectivity index (χ2n) is 8.62. The molecule has 29 heavy (non-hydrogen) atoms. The molecule has 7 heteroatoms. The molecule has 7 nitrogen and oxygen atoms in total. The van der Waals surface area contributed by atoms with Gasteiger partial charge < -0.3 is 9.80 Å². The Morgan fingerprint density at radius 3 is 2.52 bits per heavy atom. The lowest BCUT2D eigenvalue weighted by atomic mass is 9.84. The molecule has 4 rings (SSSR count). The summed E-state index contributed by atoms with van der Waals surface area (Å²) in [4.78, 5) is 33.1. The van der Waals surface area contributed by atoms with E-state index >= 15 is 0 Å². The van der Waals surface area contributed by atoms with Gasteiger partial charge in [-0.05, 0) is 32.1 Å². The topological polar surface area (TPSA) is 59.1 Å². The summed E-state index contributed by atoms with van der Waals surface area (Å²) < 4.78 is 0. The average Bonchev–Trinajstić information content (AvgIpc) is 3.08. The Balaban J connectivity index is 1.45. The zero-order valence-electron chi connectivity index (χ0n) is 17.6. The van der Waals surface area contributed by atoms with Gasteiger partial charge in [-0.15, -0.1) is 0 Å². The second kappa shape index (κ2) is 8.81. The zero-order chi connectivity index (χ0) is 20.4. The molecule has 3 saturated heterocycles. The molecule has 0 saturated carbocycles. The summed E-state index contributed by atoms with van der Waals surface area (Å²) in [6.07, 6.45) is 2.42. The maximum absolute atomic E-state index is 13.4. The maximum Gasteiger partial charge on any atom is 0.247 e. The first kappa shape index (κ1) is 20.3. The minimum atomic E-state index is -0.196. The molecule has 3 aliphatic rings. The Hall–Kier alpha value is -1.96. The van der Waals surface area contributed by atoms with Crippen LogP contribution < -0.4 is 10.4 Å². The van der Waals surface area contributed by atoms with Gasteiger partial charge in [0, 0.05) is 39.3 Å². The highest BCUT2D eigenvalue weighted by Crippen LogP contribution is 2.32. The van der Waals surface area contributed by atoms with E-state index in [0.29, 0.717) is 13.1 Å². The van der Waals surface area contributed by atoms with Crippen molar-refractivity contribution in [2.45, 2.75) is 25.8 Å². The molecule has 3 unspecified atom stereocenters. The molecule has 0 spiro atoms. The predicted octanol–water partition coefficient (Wildman–Crippen LogP) is 1.03. The van der Waals surface area contributed by atoms with Crippen molar-refractivity contribution < 1.29 is 9.59 Å². The van der Waals surface area contributed by atoms with Crippen molar-refractivity contribution in [1.29, 1.82) is 0 Å². The number of nitrogens with zero attached hydrogens (tertiary/aromatic N) is 4. The molecule has 158 valence electrons. The predicted molar refractivity (Wildman–Crippen MR) is 113 cm³/mol. The Bertz CT molecular complexity index is 719. The van der Waals surface area contributed by atoms with E-state index in [2.05, 4.69) is 22.1 Å². The largest absolute Gasteiger partial charge is 0.340 e. The monoisotopic (exact) mass is 399 g/mol. The number of unbranched alkanes of at least 4 members (excludes halogenated alkanes) is 1. The number of carbonyl (C=O) groups is 2. The van der Waals surface area contributed by atoms with Crippen LogP contribution in [0.3, 0.4) is 0 Å². The van der Waals surface area contributed by atoms with Crippen molar-refractivity contribution >= 4 is 17.5 Å². The SMILES string of the molecule is CCCCN1CCN(C(=O)C2CN(C)CC3C(=O)N(c4ccccc4)NC23)CC1. The number of nitrogens with one attached hydrogen (secondary N) is 1. The van der Waals surface area contributed by atoms with E-state index in [1.807, 2.05) is 42.3 Å². The highest BCUT2D eigenvalue weighted by molar-refractivity contribution is 5.98. The van der Waals surface area contributed by atoms with Gasteiger partial charge in [-0.2, -0.15) is 0 Å². The third-order valence-corrected chi connectivity index (χ3v) is 6.54. The van der Waals surface area contributed by atoms with E-state index in [1.165, 1.54) is 12.8 Å². The Morgan fingerprint density at radius 2 is 1.83 bits per heavy atom. The fourth-order valence-corrected chi connectivity index (χ4v) is 4.86. The molecule has 0 radical (unpaired) electrons. The highest BCUT2D eigenvalue weighted by Gasteiger charge is 2.51. The van der Waals surface area contributed by atoms with Crippen molar-refractivity contribution in [2.24, 2.45) is 11.8 Å². The number of anilines is 1. The first-order chi connectivity index (χ1) is 14.1. The number of piperidine rings is 1. The Kier molecular flexibility index (Phi) is 6.18. The van der Waals surface area contributed by atoms with E-state index in [9.17, 15) is 9.59 Å². The van der Waals surface area contributed by atoms with Crippen LogP contribution in [-0.4, -0.2) is 85.4 Å². The summed E-state index contributed by atoms with van der Waals surface area (Å²) >= 11 is 0. The standard InChI is InChI=1S/C22H33N5O2/c1-3-4-10-25-11-13-26(14-12-25)21(28)18-15-24(2)16-19-20(18)23-27(22(19)29)17-8-6-5-7-9-17/h5-9,18-20,23H,3-4,10-16H2,1-2H3. The average molecular weight is 400 g/mol. The van der Waals surface area contributed by atoms with E-state index in [0.717, 1.165) is 38.4 Å². The molecule has 1 aromatic rings. The van der Waals surface area contributed by atoms with Crippen LogP contribution in [0, 0.1) is 11.8 Å². The fourth-order valence-electron chi connectivity index (χ4n) is 4.86. The van der Waals surface area contributed by atoms with Gasteiger partial charge in [0.25, 0.3) is 0 Å². The molecule has 1 aromatic carbocycles. The lowest BCUT2D eigenvalue weighted by Crippen LogP contribution is -2.59. The van der Waals surface area contributed by atoms with Crippen LogP contribution in [0.2, 0.25) is 0 Å². The molecule has 1 N–H and O–H groups in total. The van der Waals surface area contributed by atoms with Crippen LogP contribution in [0.25, 0.3) is 0 Å². The second-order valence-corrected chi connectivity index (χ2v) is 8.62. The zero-order valence-corrected chi connectivity index (χ0v) is 17.6. The van der Waals surface area contributed by atoms with Crippen molar-refractivity contribution in [2.75, 3.05) is 57.9 Å². The summed E-state index contributed by atoms with van der Waals surface area (Å²) in [5.41, 5.74) is 4.22. The van der Waals surface area contributed by atoms with Crippen LogP contribution in [0.1, 0.15) is 19.8 Å². The number of carbonyl (C=O) groups excluding carboxylic acids is 2. The first-order valence-electron chi connectivity index (χ1n) is 10.9. The van der Waals surface area contributed by atoms with E-state index in [4.69, 9.17) is 0 Å². The number of hydrazine groups is 1. The number of rotatable bonds is 5. The van der Waals surface area contributed by atoms with Crippen LogP contribution in [0.4, 0.5) is 5.69 Å². The van der Waals surface area contributed by atoms with Gasteiger partial charge in [0.15, 0.2) is 0 Å². The first-order valence-corrected chi connectivity index (χ1v) is 10.9. The number of hydrogen-bond acceptors (Lipinski definition) is 5. The molecular formula is C22H33N5O2. The van der Waals surface area contributed by atoms with Crippen molar-refractivity contribution in [3.8, 4) is 0 Å². The number of hydrogen-bond donors (Lipinski definition) is 1. The molecule has 3 atom stereocenters. The Morgan fingerprint density at radius 1 is 1.10 bits per heavy atom. The summed E-state index contributed by atoms with van der Waals surface area (Å²) in [5, 5.41) is 1.65. The van der Waals surface area contributed by atoms with Crippen LogP contribution in [0.15, 0.2) is 30.3 Å².